The Bertz CT molecular complexity index is 1080. The van der Waals surface area contributed by atoms with Gasteiger partial charge in [0.15, 0.2) is 5.65 Å². The van der Waals surface area contributed by atoms with Gasteiger partial charge in [0.2, 0.25) is 0 Å². The van der Waals surface area contributed by atoms with Crippen molar-refractivity contribution in [3.63, 3.8) is 0 Å². The molecular weight excluding hydrogens is 443 g/mol. The Labute approximate surface area is 186 Å². The molecule has 0 aliphatic carbocycles. The Hall–Kier alpha value is -2.21. The van der Waals surface area contributed by atoms with Crippen LogP contribution in [0.3, 0.4) is 0 Å². The van der Waals surface area contributed by atoms with E-state index in [0.29, 0.717) is 46.0 Å². The number of hydrogen-bond acceptors (Lipinski definition) is 7. The number of rotatable bonds is 4. The number of anilines is 1. The van der Waals surface area contributed by atoms with E-state index in [-0.39, 0.29) is 6.04 Å². The molecule has 2 N–H and O–H groups in total. The van der Waals surface area contributed by atoms with E-state index in [1.54, 1.807) is 12.1 Å². The molecular formula is C21H24F3N5O2S. The number of thiophene rings is 1. The summed E-state index contributed by atoms with van der Waals surface area (Å²) in [4.78, 5) is 6.39. The van der Waals surface area contributed by atoms with Crippen molar-refractivity contribution in [1.82, 2.24) is 19.5 Å². The van der Waals surface area contributed by atoms with Crippen molar-refractivity contribution in [3.05, 3.63) is 35.3 Å². The fourth-order valence-corrected chi connectivity index (χ4v) is 5.31. The number of β-amino-alcohol motifs (C(OH)–C–C–N with tert-alkyl or cyclic N) is 1. The summed E-state index contributed by atoms with van der Waals surface area (Å²) in [7, 11) is 0. The SMILES string of the molecule is O[C@@H]1CN(C2CCOCC2)CC[C@H]1Nc1ccc2ncc(-c3ccc(C(F)(F)F)s3)n2n1. The maximum atomic E-state index is 13.0. The van der Waals surface area contributed by atoms with Gasteiger partial charge in [-0.25, -0.2) is 9.50 Å². The summed E-state index contributed by atoms with van der Waals surface area (Å²) in [5.74, 6) is 0.549. The van der Waals surface area contributed by atoms with Gasteiger partial charge < -0.3 is 15.2 Å². The van der Waals surface area contributed by atoms with Gasteiger partial charge in [0.1, 0.15) is 16.4 Å². The predicted octanol–water partition coefficient (Wildman–Crippen LogP) is 3.50. The number of halogens is 3. The summed E-state index contributed by atoms with van der Waals surface area (Å²) in [5.41, 5.74) is 1.04. The van der Waals surface area contributed by atoms with Crippen molar-refractivity contribution in [1.29, 1.82) is 0 Å². The molecule has 3 aromatic heterocycles. The number of alkyl halides is 3. The zero-order chi connectivity index (χ0) is 22.3. The summed E-state index contributed by atoms with van der Waals surface area (Å²) < 4.78 is 46.0. The van der Waals surface area contributed by atoms with Gasteiger partial charge in [-0.1, -0.05) is 0 Å². The quantitative estimate of drug-likeness (QED) is 0.612. The van der Waals surface area contributed by atoms with Crippen LogP contribution in [0.15, 0.2) is 30.5 Å². The monoisotopic (exact) mass is 467 g/mol. The first-order valence-corrected chi connectivity index (χ1v) is 11.5. The van der Waals surface area contributed by atoms with E-state index < -0.39 is 17.2 Å². The molecule has 0 spiro atoms. The second kappa shape index (κ2) is 8.62. The average Bonchev–Trinajstić information content (AvgIpc) is 3.42. The minimum atomic E-state index is -4.38. The van der Waals surface area contributed by atoms with Crippen LogP contribution in [0.2, 0.25) is 0 Å². The zero-order valence-corrected chi connectivity index (χ0v) is 18.1. The van der Waals surface area contributed by atoms with Crippen LogP contribution in [0.25, 0.3) is 16.2 Å². The molecule has 5 rings (SSSR count). The number of ether oxygens (including phenoxy) is 1. The van der Waals surface area contributed by atoms with Crippen molar-refractivity contribution in [3.8, 4) is 10.6 Å². The largest absolute Gasteiger partial charge is 0.425 e. The highest BCUT2D eigenvalue weighted by Crippen LogP contribution is 2.38. The van der Waals surface area contributed by atoms with Gasteiger partial charge in [-0.3, -0.25) is 4.90 Å². The second-order valence-corrected chi connectivity index (χ2v) is 9.32. The predicted molar refractivity (Wildman–Crippen MR) is 115 cm³/mol. The standard InChI is InChI=1S/C21H24F3N5O2S/c22-21(23,24)18-2-1-17(32-18)15-11-25-20-4-3-19(27-29(15)20)26-14-5-8-28(12-16(14)30)13-6-9-31-10-7-13/h1-4,11,13-14,16,30H,5-10,12H2,(H,26,27)/t14-,16-/m1/s1. The first-order valence-electron chi connectivity index (χ1n) is 10.7. The number of nitrogens with zero attached hydrogens (tertiary/aromatic N) is 4. The number of imidazole rings is 1. The first-order chi connectivity index (χ1) is 15.4. The number of piperidine rings is 1. The molecule has 7 nitrogen and oxygen atoms in total. The second-order valence-electron chi connectivity index (χ2n) is 8.24. The van der Waals surface area contributed by atoms with Crippen molar-refractivity contribution >= 4 is 22.8 Å². The van der Waals surface area contributed by atoms with Crippen molar-refractivity contribution in [2.45, 2.75) is 43.6 Å². The van der Waals surface area contributed by atoms with Gasteiger partial charge in [0, 0.05) is 32.3 Å². The summed E-state index contributed by atoms with van der Waals surface area (Å²) in [5, 5.41) is 18.6. The third-order valence-electron chi connectivity index (χ3n) is 6.15. The Morgan fingerprint density at radius 1 is 1.12 bits per heavy atom. The number of hydrogen-bond donors (Lipinski definition) is 2. The molecule has 0 radical (unpaired) electrons. The minimum Gasteiger partial charge on any atom is -0.390 e. The van der Waals surface area contributed by atoms with Gasteiger partial charge in [-0.15, -0.1) is 16.4 Å². The van der Waals surface area contributed by atoms with Crippen molar-refractivity contribution < 1.29 is 23.0 Å². The van der Waals surface area contributed by atoms with Crippen LogP contribution >= 0.6 is 11.3 Å². The Morgan fingerprint density at radius 2 is 1.94 bits per heavy atom. The smallest absolute Gasteiger partial charge is 0.390 e. The number of likely N-dealkylation sites (tertiary alicyclic amines) is 1. The lowest BCUT2D eigenvalue weighted by molar-refractivity contribution is -0.134. The molecule has 2 atom stereocenters. The third-order valence-corrected chi connectivity index (χ3v) is 7.31. The lowest BCUT2D eigenvalue weighted by atomic mass is 9.97. The van der Waals surface area contributed by atoms with Gasteiger partial charge >= 0.3 is 6.18 Å². The molecule has 32 heavy (non-hydrogen) atoms. The Morgan fingerprint density at radius 3 is 2.66 bits per heavy atom. The number of nitrogens with one attached hydrogen (secondary N) is 1. The van der Waals surface area contributed by atoms with Crippen LogP contribution in [0.5, 0.6) is 0 Å². The molecule has 0 bridgehead atoms. The minimum absolute atomic E-state index is 0.151. The molecule has 0 amide bonds. The number of aliphatic hydroxyl groups is 1. The zero-order valence-electron chi connectivity index (χ0n) is 17.3. The maximum Gasteiger partial charge on any atom is 0.425 e. The molecule has 0 aromatic carbocycles. The van der Waals surface area contributed by atoms with Crippen LogP contribution in [-0.4, -0.2) is 69.1 Å². The van der Waals surface area contributed by atoms with Crippen molar-refractivity contribution in [2.24, 2.45) is 0 Å². The highest BCUT2D eigenvalue weighted by molar-refractivity contribution is 7.15. The van der Waals surface area contributed by atoms with E-state index in [0.717, 1.165) is 45.1 Å². The number of fused-ring (bicyclic) bond motifs is 1. The van der Waals surface area contributed by atoms with Gasteiger partial charge in [-0.05, 0) is 43.5 Å². The van der Waals surface area contributed by atoms with Crippen LogP contribution in [0.4, 0.5) is 19.0 Å². The Kier molecular flexibility index (Phi) is 5.82. The molecule has 11 heteroatoms. The van der Waals surface area contributed by atoms with Crippen LogP contribution in [0.1, 0.15) is 24.1 Å². The molecule has 0 saturated carbocycles. The summed E-state index contributed by atoms with van der Waals surface area (Å²) in [6.07, 6.45) is -0.637. The van der Waals surface area contributed by atoms with Gasteiger partial charge in [0.05, 0.1) is 23.2 Å². The lowest BCUT2D eigenvalue weighted by Gasteiger charge is -2.41. The normalized spacial score (nSPS) is 23.6. The van der Waals surface area contributed by atoms with Gasteiger partial charge in [-0.2, -0.15) is 13.2 Å². The topological polar surface area (TPSA) is 74.9 Å². The Balaban J connectivity index is 1.31. The van der Waals surface area contributed by atoms with E-state index in [1.165, 1.54) is 16.8 Å². The van der Waals surface area contributed by atoms with Gasteiger partial charge in [0.25, 0.3) is 0 Å². The van der Waals surface area contributed by atoms with E-state index in [1.807, 2.05) is 0 Å². The highest BCUT2D eigenvalue weighted by Gasteiger charge is 2.33. The number of aliphatic hydroxyl groups excluding tert-OH is 1. The molecule has 3 aromatic rings. The third kappa shape index (κ3) is 4.34. The van der Waals surface area contributed by atoms with E-state index in [9.17, 15) is 18.3 Å². The molecule has 2 aliphatic heterocycles. The summed E-state index contributed by atoms with van der Waals surface area (Å²) >= 11 is 0.667. The highest BCUT2D eigenvalue weighted by atomic mass is 32.1. The summed E-state index contributed by atoms with van der Waals surface area (Å²) in [6, 6.07) is 6.36. The molecule has 2 aliphatic rings. The molecule has 172 valence electrons. The van der Waals surface area contributed by atoms with Crippen molar-refractivity contribution in [2.75, 3.05) is 31.6 Å². The molecule has 2 fully saturated rings. The van der Waals surface area contributed by atoms with Crippen LogP contribution in [0, 0.1) is 0 Å². The van der Waals surface area contributed by atoms with E-state index in [4.69, 9.17) is 4.74 Å². The van der Waals surface area contributed by atoms with E-state index in [2.05, 4.69) is 20.3 Å². The maximum absolute atomic E-state index is 13.0. The molecule has 5 heterocycles. The first kappa shape index (κ1) is 21.6. The van der Waals surface area contributed by atoms with Crippen LogP contribution in [-0.2, 0) is 10.9 Å². The number of aromatic nitrogens is 3. The summed E-state index contributed by atoms with van der Waals surface area (Å²) in [6.45, 7) is 3.01. The molecule has 0 unspecified atom stereocenters. The fourth-order valence-electron chi connectivity index (χ4n) is 4.44. The fraction of sp³-hybridized carbons (Fsp3) is 0.524. The molecule has 2 saturated heterocycles. The van der Waals surface area contributed by atoms with Crippen LogP contribution < -0.4 is 5.32 Å². The average molecular weight is 468 g/mol. The lowest BCUT2D eigenvalue weighted by Crippen LogP contribution is -2.54. The van der Waals surface area contributed by atoms with E-state index >= 15 is 0 Å².